The Bertz CT molecular complexity index is 289. The molecule has 1 atom stereocenters. The van der Waals surface area contributed by atoms with Gasteiger partial charge in [0.25, 0.3) is 0 Å². The monoisotopic (exact) mass is 202 g/mol. The summed E-state index contributed by atoms with van der Waals surface area (Å²) in [5.41, 5.74) is -0.0509. The zero-order chi connectivity index (χ0) is 10.8. The van der Waals surface area contributed by atoms with Gasteiger partial charge in [0.2, 0.25) is 0 Å². The molecule has 0 aromatic carbocycles. The minimum atomic E-state index is -4.35. The molecule has 0 bridgehead atoms. The van der Waals surface area contributed by atoms with Crippen LogP contribution in [0.2, 0.25) is 0 Å². The van der Waals surface area contributed by atoms with Crippen LogP contribution in [0.15, 0.2) is 18.3 Å². The smallest absolute Gasteiger partial charge is 0.324 e. The summed E-state index contributed by atoms with van der Waals surface area (Å²) >= 11 is 0. The Morgan fingerprint density at radius 1 is 1.36 bits per heavy atom. The first kappa shape index (κ1) is 11.0. The van der Waals surface area contributed by atoms with Gasteiger partial charge >= 0.3 is 6.18 Å². The molecule has 0 saturated heterocycles. The molecule has 0 radical (unpaired) electrons. The van der Waals surface area contributed by atoms with E-state index in [0.29, 0.717) is 0 Å². The lowest BCUT2D eigenvalue weighted by molar-refractivity contribution is -0.141. The van der Waals surface area contributed by atoms with Gasteiger partial charge in [-0.2, -0.15) is 20.1 Å². The maximum absolute atomic E-state index is 12.1. The topological polar surface area (TPSA) is 12.9 Å². The summed E-state index contributed by atoms with van der Waals surface area (Å²) in [7, 11) is 0. The average molecular weight is 202 g/mol. The van der Waals surface area contributed by atoms with Gasteiger partial charge in [-0.15, -0.1) is 5.92 Å². The molecule has 0 amide bonds. The Balaban J connectivity index is 2.89. The Labute approximate surface area is 81.0 Å². The lowest BCUT2D eigenvalue weighted by atomic mass is 10.0. The molecular formula is C10H11F3N-. The Hall–Kier alpha value is -1.06. The largest absolute Gasteiger partial charge is 0.433 e. The van der Waals surface area contributed by atoms with E-state index >= 15 is 0 Å². The third-order valence-corrected chi connectivity index (χ3v) is 2.10. The van der Waals surface area contributed by atoms with Crippen LogP contribution in [0.1, 0.15) is 31.0 Å². The standard InChI is InChI=1S/C10H11F3N/c1-3-7(2)8-4-5-9(14-6-8)10(11,12)13/h3-7H,1-2H3/q-1. The van der Waals surface area contributed by atoms with Gasteiger partial charge in [0.05, 0.1) is 0 Å². The molecule has 4 heteroatoms. The molecule has 0 aliphatic heterocycles. The average Bonchev–Trinajstić information content (AvgIpc) is 2.15. The zero-order valence-corrected chi connectivity index (χ0v) is 7.97. The van der Waals surface area contributed by atoms with Crippen molar-refractivity contribution in [3.63, 3.8) is 0 Å². The Morgan fingerprint density at radius 3 is 2.36 bits per heavy atom. The summed E-state index contributed by atoms with van der Waals surface area (Å²) < 4.78 is 36.4. The number of hydrogen-bond acceptors (Lipinski definition) is 1. The summed E-state index contributed by atoms with van der Waals surface area (Å²) in [5.74, 6) is 0.129. The molecule has 1 heterocycles. The van der Waals surface area contributed by atoms with Crippen molar-refractivity contribution >= 4 is 0 Å². The molecule has 14 heavy (non-hydrogen) atoms. The highest BCUT2D eigenvalue weighted by atomic mass is 19.4. The number of hydrogen-bond donors (Lipinski definition) is 0. The van der Waals surface area contributed by atoms with E-state index in [1.807, 2.05) is 20.3 Å². The highest BCUT2D eigenvalue weighted by molar-refractivity contribution is 5.20. The van der Waals surface area contributed by atoms with Crippen LogP contribution in [0.4, 0.5) is 13.2 Å². The zero-order valence-electron chi connectivity index (χ0n) is 7.97. The molecule has 0 N–H and O–H groups in total. The van der Waals surface area contributed by atoms with Crippen LogP contribution in [0, 0.1) is 6.42 Å². The van der Waals surface area contributed by atoms with Gasteiger partial charge in [0, 0.05) is 6.20 Å². The SMILES string of the molecule is C[CH-]C(C)c1ccc(C(F)(F)F)nc1. The highest BCUT2D eigenvalue weighted by Gasteiger charge is 2.31. The first-order chi connectivity index (χ1) is 6.45. The molecule has 0 saturated carbocycles. The van der Waals surface area contributed by atoms with E-state index in [2.05, 4.69) is 4.98 Å². The molecular weight excluding hydrogens is 191 g/mol. The van der Waals surface area contributed by atoms with Crippen LogP contribution >= 0.6 is 0 Å². The van der Waals surface area contributed by atoms with Gasteiger partial charge in [-0.05, 0) is 6.07 Å². The summed E-state index contributed by atoms with van der Waals surface area (Å²) in [5, 5.41) is 0. The van der Waals surface area contributed by atoms with Gasteiger partial charge in [0.1, 0.15) is 5.69 Å². The molecule has 0 fully saturated rings. The maximum Gasteiger partial charge on any atom is 0.433 e. The van der Waals surface area contributed by atoms with Crippen LogP contribution < -0.4 is 0 Å². The lowest BCUT2D eigenvalue weighted by Gasteiger charge is -2.17. The van der Waals surface area contributed by atoms with Gasteiger partial charge in [-0.3, -0.25) is 4.98 Å². The number of halogens is 3. The van der Waals surface area contributed by atoms with Gasteiger partial charge < -0.3 is 6.42 Å². The van der Waals surface area contributed by atoms with Crippen molar-refractivity contribution in [1.82, 2.24) is 4.98 Å². The van der Waals surface area contributed by atoms with E-state index in [9.17, 15) is 13.2 Å². The molecule has 1 unspecified atom stereocenters. The van der Waals surface area contributed by atoms with Crippen molar-refractivity contribution in [3.05, 3.63) is 36.0 Å². The second-order valence-electron chi connectivity index (χ2n) is 3.10. The van der Waals surface area contributed by atoms with E-state index in [1.54, 1.807) is 0 Å². The molecule has 78 valence electrons. The summed E-state index contributed by atoms with van der Waals surface area (Å²) in [4.78, 5) is 3.37. The number of rotatable bonds is 2. The van der Waals surface area contributed by atoms with Gasteiger partial charge in [-0.25, -0.2) is 0 Å². The third-order valence-electron chi connectivity index (χ3n) is 2.10. The quantitative estimate of drug-likeness (QED) is 0.669. The van der Waals surface area contributed by atoms with E-state index in [0.717, 1.165) is 11.6 Å². The molecule has 0 aliphatic rings. The van der Waals surface area contributed by atoms with Crippen LogP contribution in [-0.4, -0.2) is 4.98 Å². The van der Waals surface area contributed by atoms with Crippen molar-refractivity contribution < 1.29 is 13.2 Å². The molecule has 0 aliphatic carbocycles. The summed E-state index contributed by atoms with van der Waals surface area (Å²) in [6, 6.07) is 2.47. The normalized spacial score (nSPS) is 14.1. The molecule has 1 nitrogen and oxygen atoms in total. The van der Waals surface area contributed by atoms with Crippen LogP contribution in [-0.2, 0) is 6.18 Å². The number of alkyl halides is 3. The fourth-order valence-electron chi connectivity index (χ4n) is 1.03. The number of nitrogens with zero attached hydrogens (tertiary/aromatic N) is 1. The van der Waals surface area contributed by atoms with Crippen molar-refractivity contribution in [1.29, 1.82) is 0 Å². The Morgan fingerprint density at radius 2 is 2.00 bits per heavy atom. The van der Waals surface area contributed by atoms with Crippen molar-refractivity contribution in [2.24, 2.45) is 0 Å². The van der Waals surface area contributed by atoms with Crippen molar-refractivity contribution in [3.8, 4) is 0 Å². The van der Waals surface area contributed by atoms with Crippen molar-refractivity contribution in [2.75, 3.05) is 0 Å². The van der Waals surface area contributed by atoms with Crippen molar-refractivity contribution in [2.45, 2.75) is 25.9 Å². The second kappa shape index (κ2) is 3.98. The summed E-state index contributed by atoms with van der Waals surface area (Å²) in [6.07, 6.45) is -1.17. The first-order valence-electron chi connectivity index (χ1n) is 4.27. The van der Waals surface area contributed by atoms with Gasteiger partial charge in [0.15, 0.2) is 0 Å². The fraction of sp³-hybridized carbons (Fsp3) is 0.400. The van der Waals surface area contributed by atoms with E-state index in [-0.39, 0.29) is 5.92 Å². The molecule has 1 aromatic rings. The molecule has 1 rings (SSSR count). The lowest BCUT2D eigenvalue weighted by Crippen LogP contribution is -2.08. The summed E-state index contributed by atoms with van der Waals surface area (Å²) in [6.45, 7) is 3.77. The number of aromatic nitrogens is 1. The first-order valence-corrected chi connectivity index (χ1v) is 4.27. The predicted molar refractivity (Wildman–Crippen MR) is 47.6 cm³/mol. The van der Waals surface area contributed by atoms with E-state index in [1.165, 1.54) is 12.3 Å². The molecule has 1 aromatic heterocycles. The van der Waals surface area contributed by atoms with Crippen LogP contribution in [0.5, 0.6) is 0 Å². The maximum atomic E-state index is 12.1. The highest BCUT2D eigenvalue weighted by Crippen LogP contribution is 2.28. The fourth-order valence-corrected chi connectivity index (χ4v) is 1.03. The minimum absolute atomic E-state index is 0.129. The van der Waals surface area contributed by atoms with E-state index in [4.69, 9.17) is 0 Å². The second-order valence-corrected chi connectivity index (χ2v) is 3.10. The van der Waals surface area contributed by atoms with Crippen LogP contribution in [0.3, 0.4) is 0 Å². The van der Waals surface area contributed by atoms with E-state index < -0.39 is 11.9 Å². The van der Waals surface area contributed by atoms with Crippen LogP contribution in [0.25, 0.3) is 0 Å². The third kappa shape index (κ3) is 2.47. The van der Waals surface area contributed by atoms with Gasteiger partial charge in [-0.1, -0.05) is 18.6 Å². The minimum Gasteiger partial charge on any atom is -0.324 e. The Kier molecular flexibility index (Phi) is 3.13. The number of pyridine rings is 1. The molecule has 0 spiro atoms. The predicted octanol–water partition coefficient (Wildman–Crippen LogP) is 3.43.